The third-order valence-electron chi connectivity index (χ3n) is 2.62. The Morgan fingerprint density at radius 2 is 2.38 bits per heavy atom. The van der Waals surface area contributed by atoms with Crippen molar-refractivity contribution in [1.29, 1.82) is 0 Å². The summed E-state index contributed by atoms with van der Waals surface area (Å²) in [5.41, 5.74) is 5.41. The highest BCUT2D eigenvalue weighted by atomic mass is 35.5. The van der Waals surface area contributed by atoms with Crippen LogP contribution < -0.4 is 10.6 Å². The molecule has 16 heavy (non-hydrogen) atoms. The van der Waals surface area contributed by atoms with Crippen LogP contribution in [0.25, 0.3) is 0 Å². The summed E-state index contributed by atoms with van der Waals surface area (Å²) in [6.45, 7) is 1.64. The second-order valence-corrected chi connectivity index (χ2v) is 4.25. The zero-order valence-corrected chi connectivity index (χ0v) is 9.31. The van der Waals surface area contributed by atoms with E-state index in [1.807, 2.05) is 4.90 Å². The SMILES string of the molecule is NC(=O)c1cnc(N2CC(CO)C2)c(Cl)c1. The number of hydrogen-bond donors (Lipinski definition) is 2. The number of nitrogens with two attached hydrogens (primary N) is 1. The van der Waals surface area contributed by atoms with Crippen LogP contribution >= 0.6 is 11.6 Å². The van der Waals surface area contributed by atoms with Gasteiger partial charge in [0.15, 0.2) is 0 Å². The smallest absolute Gasteiger partial charge is 0.250 e. The van der Waals surface area contributed by atoms with Crippen molar-refractivity contribution < 1.29 is 9.90 Å². The number of carbonyl (C=O) groups is 1. The second-order valence-electron chi connectivity index (χ2n) is 3.85. The molecule has 0 radical (unpaired) electrons. The molecule has 1 fully saturated rings. The quantitative estimate of drug-likeness (QED) is 0.796. The predicted octanol–water partition coefficient (Wildman–Crippen LogP) is 0.262. The lowest BCUT2D eigenvalue weighted by Gasteiger charge is -2.39. The van der Waals surface area contributed by atoms with Gasteiger partial charge in [-0.1, -0.05) is 11.6 Å². The summed E-state index contributed by atoms with van der Waals surface area (Å²) in [4.78, 5) is 16.9. The van der Waals surface area contributed by atoms with E-state index in [9.17, 15) is 4.79 Å². The molecule has 1 aromatic heterocycles. The number of anilines is 1. The normalized spacial score (nSPS) is 16.0. The lowest BCUT2D eigenvalue weighted by molar-refractivity contribution is 0.1000. The predicted molar refractivity (Wildman–Crippen MR) is 60.6 cm³/mol. The fourth-order valence-corrected chi connectivity index (χ4v) is 1.94. The molecule has 1 aromatic rings. The molecule has 2 rings (SSSR count). The maximum absolute atomic E-state index is 10.9. The van der Waals surface area contributed by atoms with Crippen LogP contribution in [0.5, 0.6) is 0 Å². The number of aromatic nitrogens is 1. The molecule has 0 bridgehead atoms. The molecule has 0 unspecified atom stereocenters. The summed E-state index contributed by atoms with van der Waals surface area (Å²) >= 11 is 6.00. The van der Waals surface area contributed by atoms with E-state index >= 15 is 0 Å². The molecule has 5 nitrogen and oxygen atoms in total. The molecule has 0 aromatic carbocycles. The second kappa shape index (κ2) is 4.27. The zero-order chi connectivity index (χ0) is 11.7. The highest BCUT2D eigenvalue weighted by Crippen LogP contribution is 2.29. The number of rotatable bonds is 3. The van der Waals surface area contributed by atoms with Crippen molar-refractivity contribution in [2.24, 2.45) is 11.7 Å². The van der Waals surface area contributed by atoms with Crippen LogP contribution in [0.2, 0.25) is 5.02 Å². The number of carbonyl (C=O) groups excluding carboxylic acids is 1. The van der Waals surface area contributed by atoms with E-state index in [0.717, 1.165) is 13.1 Å². The summed E-state index contributed by atoms with van der Waals surface area (Å²) in [7, 11) is 0. The monoisotopic (exact) mass is 241 g/mol. The summed E-state index contributed by atoms with van der Waals surface area (Å²) < 4.78 is 0. The van der Waals surface area contributed by atoms with Crippen LogP contribution in [0.4, 0.5) is 5.82 Å². The number of primary amides is 1. The number of aliphatic hydroxyl groups is 1. The minimum Gasteiger partial charge on any atom is -0.396 e. The van der Waals surface area contributed by atoms with E-state index < -0.39 is 5.91 Å². The van der Waals surface area contributed by atoms with Crippen molar-refractivity contribution >= 4 is 23.3 Å². The van der Waals surface area contributed by atoms with Gasteiger partial charge in [0, 0.05) is 31.8 Å². The maximum atomic E-state index is 10.9. The van der Waals surface area contributed by atoms with Crippen LogP contribution in [0, 0.1) is 5.92 Å². The number of amides is 1. The Bertz CT molecular complexity index is 419. The molecule has 0 aliphatic carbocycles. The summed E-state index contributed by atoms with van der Waals surface area (Å²) in [5, 5.41) is 9.31. The summed E-state index contributed by atoms with van der Waals surface area (Å²) in [5.74, 6) is 0.378. The third-order valence-corrected chi connectivity index (χ3v) is 2.90. The van der Waals surface area contributed by atoms with Gasteiger partial charge >= 0.3 is 0 Å². The van der Waals surface area contributed by atoms with Gasteiger partial charge in [-0.05, 0) is 6.07 Å². The highest BCUT2D eigenvalue weighted by Gasteiger charge is 2.28. The zero-order valence-electron chi connectivity index (χ0n) is 8.56. The Balaban J connectivity index is 2.15. The molecule has 0 atom stereocenters. The van der Waals surface area contributed by atoms with E-state index in [4.69, 9.17) is 22.4 Å². The molecule has 0 spiro atoms. The van der Waals surface area contributed by atoms with Crippen LogP contribution in [-0.4, -0.2) is 35.7 Å². The Labute approximate surface area is 97.8 Å². The van der Waals surface area contributed by atoms with Gasteiger partial charge in [0.25, 0.3) is 0 Å². The molecular formula is C10H12ClN3O2. The van der Waals surface area contributed by atoms with Crippen molar-refractivity contribution in [3.05, 3.63) is 22.8 Å². The standard InChI is InChI=1S/C10H12ClN3O2/c11-8-1-7(9(12)16)2-13-10(8)14-3-6(4-14)5-15/h1-2,6,15H,3-5H2,(H2,12,16). The fourth-order valence-electron chi connectivity index (χ4n) is 1.66. The molecule has 1 aliphatic rings. The number of hydrogen-bond acceptors (Lipinski definition) is 4. The molecule has 3 N–H and O–H groups in total. The van der Waals surface area contributed by atoms with Crippen molar-refractivity contribution in [2.75, 3.05) is 24.6 Å². The topological polar surface area (TPSA) is 79.5 Å². The van der Waals surface area contributed by atoms with Crippen LogP contribution in [0.1, 0.15) is 10.4 Å². The molecule has 1 saturated heterocycles. The molecule has 2 heterocycles. The van der Waals surface area contributed by atoms with Crippen molar-refractivity contribution in [1.82, 2.24) is 4.98 Å². The molecule has 86 valence electrons. The van der Waals surface area contributed by atoms with Gasteiger partial charge in [0.2, 0.25) is 5.91 Å². The van der Waals surface area contributed by atoms with E-state index in [2.05, 4.69) is 4.98 Å². The molecular weight excluding hydrogens is 230 g/mol. The van der Waals surface area contributed by atoms with Gasteiger partial charge in [0.05, 0.1) is 10.6 Å². The fraction of sp³-hybridized carbons (Fsp3) is 0.400. The first-order chi connectivity index (χ1) is 7.61. The Kier molecular flexibility index (Phi) is 2.98. The van der Waals surface area contributed by atoms with Gasteiger partial charge in [0.1, 0.15) is 5.82 Å². The minimum atomic E-state index is -0.544. The molecule has 1 amide bonds. The third kappa shape index (κ3) is 1.96. The molecule has 0 saturated carbocycles. The van der Waals surface area contributed by atoms with E-state index in [0.29, 0.717) is 16.4 Å². The Morgan fingerprint density at radius 3 is 2.88 bits per heavy atom. The first-order valence-corrected chi connectivity index (χ1v) is 5.30. The van der Waals surface area contributed by atoms with Crippen LogP contribution in [-0.2, 0) is 0 Å². The highest BCUT2D eigenvalue weighted by molar-refractivity contribution is 6.33. The van der Waals surface area contributed by atoms with Crippen molar-refractivity contribution in [3.63, 3.8) is 0 Å². The average Bonchev–Trinajstić information content (AvgIpc) is 2.18. The minimum absolute atomic E-state index is 0.174. The molecule has 6 heteroatoms. The first-order valence-electron chi connectivity index (χ1n) is 4.93. The van der Waals surface area contributed by atoms with Gasteiger partial charge in [-0.25, -0.2) is 4.98 Å². The summed E-state index contributed by atoms with van der Waals surface area (Å²) in [6, 6.07) is 1.51. The van der Waals surface area contributed by atoms with Gasteiger partial charge in [-0.15, -0.1) is 0 Å². The number of pyridine rings is 1. The van der Waals surface area contributed by atoms with E-state index in [1.54, 1.807) is 0 Å². The van der Waals surface area contributed by atoms with Crippen molar-refractivity contribution in [3.8, 4) is 0 Å². The lowest BCUT2D eigenvalue weighted by atomic mass is 10.0. The van der Waals surface area contributed by atoms with Gasteiger partial charge in [-0.2, -0.15) is 0 Å². The van der Waals surface area contributed by atoms with E-state index in [-0.39, 0.29) is 12.5 Å². The average molecular weight is 242 g/mol. The van der Waals surface area contributed by atoms with Crippen LogP contribution in [0.3, 0.4) is 0 Å². The Hall–Kier alpha value is -1.33. The van der Waals surface area contributed by atoms with E-state index in [1.165, 1.54) is 12.3 Å². The molecule has 1 aliphatic heterocycles. The first kappa shape index (κ1) is 11.2. The van der Waals surface area contributed by atoms with Gasteiger partial charge < -0.3 is 15.7 Å². The van der Waals surface area contributed by atoms with Gasteiger partial charge in [-0.3, -0.25) is 4.79 Å². The lowest BCUT2D eigenvalue weighted by Crippen LogP contribution is -2.49. The Morgan fingerprint density at radius 1 is 1.69 bits per heavy atom. The summed E-state index contributed by atoms with van der Waals surface area (Å²) in [6.07, 6.45) is 1.41. The number of aliphatic hydroxyl groups excluding tert-OH is 1. The number of halogens is 1. The van der Waals surface area contributed by atoms with Crippen molar-refractivity contribution in [2.45, 2.75) is 0 Å². The number of nitrogens with zero attached hydrogens (tertiary/aromatic N) is 2. The maximum Gasteiger partial charge on any atom is 0.250 e. The van der Waals surface area contributed by atoms with Crippen LogP contribution in [0.15, 0.2) is 12.3 Å². The largest absolute Gasteiger partial charge is 0.396 e.